The molecule has 0 unspecified atom stereocenters. The molecule has 3 N–H and O–H groups in total. The summed E-state index contributed by atoms with van der Waals surface area (Å²) in [6.07, 6.45) is 7.14. The SMILES string of the molecule is CC1(S(=O)(=O)NC(=O)[C@]23CC(=O)[C@@H]4C[C@@H](Oc5nc6ccccc6c6cccc(F)c56)CN4C(=O)[C@@H](NC(=O)c4cc[n+](C(F)F)[nH]4)CCCCC/C=C\[C@@H]2C3)CC1. The first kappa shape index (κ1) is 39.5. The molecule has 17 heteroatoms. The lowest BCUT2D eigenvalue weighted by atomic mass is 9.91. The van der Waals surface area contributed by atoms with Crippen LogP contribution in [0.2, 0.25) is 0 Å². The third-order valence-corrected chi connectivity index (χ3v) is 14.3. The van der Waals surface area contributed by atoms with Gasteiger partial charge in [0.25, 0.3) is 5.91 Å². The number of ether oxygens (including phenoxy) is 1. The molecule has 58 heavy (non-hydrogen) atoms. The Labute approximate surface area is 332 Å². The number of pyridine rings is 1. The predicted molar refractivity (Wildman–Crippen MR) is 204 cm³/mol. The number of benzene rings is 2. The second-order valence-electron chi connectivity index (χ2n) is 16.2. The van der Waals surface area contributed by atoms with E-state index >= 15 is 4.39 Å². The molecule has 0 bridgehead atoms. The normalized spacial score (nSPS) is 26.7. The van der Waals surface area contributed by atoms with Crippen molar-refractivity contribution in [3.63, 3.8) is 0 Å². The molecule has 2 aliphatic heterocycles. The topological polar surface area (TPSA) is 172 Å². The van der Waals surface area contributed by atoms with Crippen LogP contribution in [0.3, 0.4) is 0 Å². The number of alkyl halides is 2. The van der Waals surface area contributed by atoms with E-state index in [2.05, 4.69) is 20.1 Å². The number of rotatable bonds is 8. The van der Waals surface area contributed by atoms with Crippen LogP contribution in [0.4, 0.5) is 13.2 Å². The van der Waals surface area contributed by atoms with Gasteiger partial charge in [-0.1, -0.05) is 60.0 Å². The number of ketones is 1. The van der Waals surface area contributed by atoms with Crippen LogP contribution >= 0.6 is 0 Å². The first-order valence-electron chi connectivity index (χ1n) is 19.6. The molecule has 13 nitrogen and oxygen atoms in total. The monoisotopic (exact) mass is 821 g/mol. The molecule has 3 fully saturated rings. The number of H-pyrrole nitrogens is 1. The number of nitrogens with zero attached hydrogens (tertiary/aromatic N) is 3. The number of nitrogens with one attached hydrogen (secondary N) is 3. The van der Waals surface area contributed by atoms with Gasteiger partial charge in [-0.05, 0) is 68.9 Å². The second kappa shape index (κ2) is 15.1. The van der Waals surface area contributed by atoms with Gasteiger partial charge in [-0.3, -0.25) is 23.9 Å². The molecule has 2 aromatic carbocycles. The fourth-order valence-corrected chi connectivity index (χ4v) is 9.64. The first-order chi connectivity index (χ1) is 27.7. The lowest BCUT2D eigenvalue weighted by Gasteiger charge is -2.29. The van der Waals surface area contributed by atoms with Crippen LogP contribution in [0.5, 0.6) is 5.88 Å². The lowest BCUT2D eigenvalue weighted by Crippen LogP contribution is -2.52. The van der Waals surface area contributed by atoms with Crippen molar-refractivity contribution in [1.29, 1.82) is 0 Å². The van der Waals surface area contributed by atoms with Gasteiger partial charge in [0.15, 0.2) is 11.5 Å². The summed E-state index contributed by atoms with van der Waals surface area (Å²) in [6.45, 7) is -1.54. The van der Waals surface area contributed by atoms with Crippen molar-refractivity contribution in [3.05, 3.63) is 78.4 Å². The molecule has 2 saturated carbocycles. The number of Topliss-reactive ketones (excluding diaryl/α,β-unsaturated/α-hetero) is 1. The van der Waals surface area contributed by atoms with E-state index in [4.69, 9.17) is 4.74 Å². The van der Waals surface area contributed by atoms with E-state index in [1.807, 2.05) is 24.3 Å². The minimum atomic E-state index is -4.02. The first-order valence-corrected chi connectivity index (χ1v) is 21.1. The smallest absolute Gasteiger partial charge is 0.472 e. The third kappa shape index (κ3) is 7.44. The number of aromatic nitrogens is 3. The Bertz CT molecular complexity index is 2450. The van der Waals surface area contributed by atoms with Crippen LogP contribution < -0.4 is 19.5 Å². The Balaban J connectivity index is 1.13. The largest absolute Gasteiger partial charge is 0.472 e. The summed E-state index contributed by atoms with van der Waals surface area (Å²) in [5, 5.41) is 6.36. The molecule has 8 rings (SSSR count). The Hall–Kier alpha value is -5.32. The van der Waals surface area contributed by atoms with Gasteiger partial charge in [0, 0.05) is 24.3 Å². The van der Waals surface area contributed by atoms with Crippen LogP contribution in [0.1, 0.15) is 88.2 Å². The molecule has 2 aromatic heterocycles. The van der Waals surface area contributed by atoms with Crippen molar-refractivity contribution in [1.82, 2.24) is 25.0 Å². The zero-order valence-corrected chi connectivity index (χ0v) is 32.6. The summed E-state index contributed by atoms with van der Waals surface area (Å²) in [6, 6.07) is 10.6. The number of para-hydroxylation sites is 1. The fraction of sp³-hybridized carbons (Fsp3) is 0.463. The zero-order chi connectivity index (χ0) is 41.0. The number of aromatic amines is 1. The summed E-state index contributed by atoms with van der Waals surface area (Å²) in [7, 11) is -4.02. The second-order valence-corrected chi connectivity index (χ2v) is 18.4. The molecule has 4 aromatic rings. The van der Waals surface area contributed by atoms with E-state index in [0.717, 1.165) is 12.3 Å². The minimum absolute atomic E-state index is 0.0367. The van der Waals surface area contributed by atoms with Gasteiger partial charge in [0.2, 0.25) is 33.9 Å². The van der Waals surface area contributed by atoms with Crippen molar-refractivity contribution in [2.24, 2.45) is 11.3 Å². The van der Waals surface area contributed by atoms with E-state index in [1.54, 1.807) is 31.2 Å². The van der Waals surface area contributed by atoms with E-state index < -0.39 is 80.2 Å². The Morgan fingerprint density at radius 2 is 1.83 bits per heavy atom. The molecular formula is C41H44F3N6O7S+. The number of carbonyl (C=O) groups excluding carboxylic acids is 4. The Morgan fingerprint density at radius 3 is 2.59 bits per heavy atom. The average Bonchev–Trinajstić information content (AvgIpc) is 3.96. The quantitative estimate of drug-likeness (QED) is 0.124. The number of amides is 3. The van der Waals surface area contributed by atoms with Crippen molar-refractivity contribution in [2.75, 3.05) is 6.54 Å². The molecular weight excluding hydrogens is 778 g/mol. The maximum atomic E-state index is 15.5. The molecule has 3 amide bonds. The van der Waals surface area contributed by atoms with Gasteiger partial charge in [0.05, 0.1) is 33.7 Å². The van der Waals surface area contributed by atoms with Gasteiger partial charge < -0.3 is 15.0 Å². The Morgan fingerprint density at radius 1 is 1.05 bits per heavy atom. The van der Waals surface area contributed by atoms with E-state index in [0.29, 0.717) is 59.5 Å². The molecule has 2 aliphatic carbocycles. The van der Waals surface area contributed by atoms with Crippen LogP contribution in [0.15, 0.2) is 66.9 Å². The number of carbonyl (C=O) groups is 4. The molecule has 306 valence electrons. The number of halogens is 3. The summed E-state index contributed by atoms with van der Waals surface area (Å²) < 4.78 is 76.7. The molecule has 4 heterocycles. The molecule has 1 saturated heterocycles. The maximum absolute atomic E-state index is 15.5. The number of hydrogen-bond acceptors (Lipinski definition) is 8. The molecule has 5 atom stereocenters. The van der Waals surface area contributed by atoms with Crippen molar-refractivity contribution < 1.29 is 50.2 Å². The summed E-state index contributed by atoms with van der Waals surface area (Å²) in [4.78, 5) is 62.5. The molecule has 0 spiro atoms. The van der Waals surface area contributed by atoms with Crippen LogP contribution in [-0.2, 0) is 24.4 Å². The maximum Gasteiger partial charge on any atom is 0.472 e. The van der Waals surface area contributed by atoms with Crippen molar-refractivity contribution in [3.8, 4) is 5.88 Å². The highest BCUT2D eigenvalue weighted by molar-refractivity contribution is 7.91. The van der Waals surface area contributed by atoms with Gasteiger partial charge in [0.1, 0.15) is 18.0 Å². The highest BCUT2D eigenvalue weighted by Crippen LogP contribution is 2.57. The summed E-state index contributed by atoms with van der Waals surface area (Å²) in [5.74, 6) is -3.75. The Kier molecular flexibility index (Phi) is 10.3. The number of allylic oxidation sites excluding steroid dienone is 2. The molecule has 0 radical (unpaired) electrons. The third-order valence-electron chi connectivity index (χ3n) is 12.2. The van der Waals surface area contributed by atoms with Gasteiger partial charge in [-0.15, -0.1) is 8.78 Å². The standard InChI is InChI=1S/C41H43F3N6O7S/c1-40(17-18-40)58(55,56)48-38(54)41-21-24(41)10-5-3-2-4-6-15-31(45-35(52)30-16-19-50(47-30)39(43)44)37(53)49-23-25(20-32(49)33(51)22-41)57-36-34-27(12-9-13-28(34)42)26-11-7-8-14-29(26)46-36/h5,7-14,16,19,24-25,31-32,39H,2-4,6,15,17-18,20-23H2,1H3,(H2,45,48,52,54)/p+1/b10-5-/t24-,25-,31+,32+,41-/m1/s1. The highest BCUT2D eigenvalue weighted by atomic mass is 32.2. The minimum Gasteiger partial charge on any atom is -0.472 e. The fourth-order valence-electron chi connectivity index (χ4n) is 8.31. The summed E-state index contributed by atoms with van der Waals surface area (Å²) in [5.41, 5.74) is -1.05. The van der Waals surface area contributed by atoms with E-state index in [1.165, 1.54) is 11.0 Å². The van der Waals surface area contributed by atoms with E-state index in [-0.39, 0.29) is 49.2 Å². The summed E-state index contributed by atoms with van der Waals surface area (Å²) >= 11 is 0. The number of sulfonamides is 1. The van der Waals surface area contributed by atoms with Gasteiger partial charge in [-0.2, -0.15) is 5.10 Å². The number of hydrogen-bond donors (Lipinski definition) is 3. The number of fused-ring (bicyclic) bond motifs is 5. The van der Waals surface area contributed by atoms with Crippen molar-refractivity contribution in [2.45, 2.75) is 101 Å². The van der Waals surface area contributed by atoms with E-state index in [9.17, 15) is 36.4 Å². The predicted octanol–water partition coefficient (Wildman–Crippen LogP) is 5.17. The lowest BCUT2D eigenvalue weighted by molar-refractivity contribution is -0.819. The van der Waals surface area contributed by atoms with Gasteiger partial charge in [-0.25, -0.2) is 17.8 Å². The van der Waals surface area contributed by atoms with Crippen LogP contribution in [0.25, 0.3) is 21.7 Å². The van der Waals surface area contributed by atoms with Gasteiger partial charge >= 0.3 is 6.55 Å². The zero-order valence-electron chi connectivity index (χ0n) is 31.8. The van der Waals surface area contributed by atoms with Crippen LogP contribution in [0, 0.1) is 17.2 Å². The molecule has 4 aliphatic rings. The highest BCUT2D eigenvalue weighted by Gasteiger charge is 2.62. The average molecular weight is 822 g/mol. The van der Waals surface area contributed by atoms with Crippen LogP contribution in [-0.4, -0.2) is 76.4 Å². The van der Waals surface area contributed by atoms with Crippen molar-refractivity contribution >= 4 is 55.2 Å².